The largest absolute Gasteiger partial charge is 0.357 e. The van der Waals surface area contributed by atoms with E-state index in [-0.39, 0.29) is 0 Å². The molecule has 0 spiro atoms. The molecule has 0 aliphatic heterocycles. The minimum atomic E-state index is -3.16. The van der Waals surface area contributed by atoms with E-state index in [0.717, 1.165) is 50.5 Å². The zero-order chi connectivity index (χ0) is 20.3. The predicted octanol–water partition coefficient (Wildman–Crippen LogP) is 2.66. The maximum Gasteiger partial charge on any atom is 0.191 e. The number of hydrogen-bond acceptors (Lipinski definition) is 4. The van der Waals surface area contributed by atoms with Crippen molar-refractivity contribution in [2.45, 2.75) is 58.0 Å². The summed E-state index contributed by atoms with van der Waals surface area (Å²) >= 11 is 0. The third kappa shape index (κ3) is 9.24. The van der Waals surface area contributed by atoms with Gasteiger partial charge in [-0.15, -0.1) is 0 Å². The third-order valence-electron chi connectivity index (χ3n) is 4.50. The van der Waals surface area contributed by atoms with Crippen LogP contribution in [0.4, 0.5) is 0 Å². The normalized spacial score (nSPS) is 13.6. The number of aliphatic imine (C=N–C) groups is 1. The minimum absolute atomic E-state index is 0.335. The number of nitrogens with one attached hydrogen (secondary N) is 2. The minimum Gasteiger partial charge on any atom is -0.357 e. The molecule has 0 amide bonds. The SMILES string of the molecule is CCNC(=NCc1ccc(S(C)(=O)=O)cc1)NC(C)CCCN(CC)CC. The summed E-state index contributed by atoms with van der Waals surface area (Å²) in [6.07, 6.45) is 3.46. The van der Waals surface area contributed by atoms with Gasteiger partial charge in [0.05, 0.1) is 11.4 Å². The van der Waals surface area contributed by atoms with Gasteiger partial charge in [0.25, 0.3) is 0 Å². The van der Waals surface area contributed by atoms with Crippen molar-refractivity contribution in [1.29, 1.82) is 0 Å². The monoisotopic (exact) mass is 396 g/mol. The van der Waals surface area contributed by atoms with Crippen LogP contribution in [0, 0.1) is 0 Å². The van der Waals surface area contributed by atoms with Crippen LogP contribution < -0.4 is 10.6 Å². The van der Waals surface area contributed by atoms with Crippen LogP contribution in [-0.4, -0.2) is 57.8 Å². The first-order valence-corrected chi connectivity index (χ1v) is 11.7. The summed E-state index contributed by atoms with van der Waals surface area (Å²) in [5, 5.41) is 6.73. The zero-order valence-corrected chi connectivity index (χ0v) is 18.3. The van der Waals surface area contributed by atoms with Gasteiger partial charge >= 0.3 is 0 Å². The van der Waals surface area contributed by atoms with E-state index in [9.17, 15) is 8.42 Å². The number of benzene rings is 1. The summed E-state index contributed by atoms with van der Waals surface area (Å²) in [6.45, 7) is 13.2. The van der Waals surface area contributed by atoms with Crippen molar-refractivity contribution in [2.24, 2.45) is 4.99 Å². The van der Waals surface area contributed by atoms with Crippen LogP contribution >= 0.6 is 0 Å². The molecular formula is C20H36N4O2S. The summed E-state index contributed by atoms with van der Waals surface area (Å²) in [4.78, 5) is 7.40. The molecular weight excluding hydrogens is 360 g/mol. The average Bonchev–Trinajstić information content (AvgIpc) is 2.63. The van der Waals surface area contributed by atoms with E-state index in [1.165, 1.54) is 6.26 Å². The van der Waals surface area contributed by atoms with Crippen LogP contribution in [0.5, 0.6) is 0 Å². The van der Waals surface area contributed by atoms with Gasteiger partial charge in [-0.3, -0.25) is 0 Å². The molecule has 154 valence electrons. The Morgan fingerprint density at radius 1 is 1.15 bits per heavy atom. The number of hydrogen-bond donors (Lipinski definition) is 2. The summed E-state index contributed by atoms with van der Waals surface area (Å²) < 4.78 is 23.1. The third-order valence-corrected chi connectivity index (χ3v) is 5.63. The molecule has 0 fully saturated rings. The lowest BCUT2D eigenvalue weighted by molar-refractivity contribution is 0.292. The van der Waals surface area contributed by atoms with Gasteiger partial charge in [0.2, 0.25) is 0 Å². The highest BCUT2D eigenvalue weighted by atomic mass is 32.2. The molecule has 27 heavy (non-hydrogen) atoms. The predicted molar refractivity (Wildman–Crippen MR) is 114 cm³/mol. The molecule has 1 aromatic rings. The van der Waals surface area contributed by atoms with E-state index >= 15 is 0 Å². The molecule has 7 heteroatoms. The molecule has 0 saturated carbocycles. The Hall–Kier alpha value is -1.60. The lowest BCUT2D eigenvalue weighted by atomic mass is 10.2. The molecule has 0 aromatic heterocycles. The van der Waals surface area contributed by atoms with Crippen LogP contribution in [0.15, 0.2) is 34.2 Å². The highest BCUT2D eigenvalue weighted by Gasteiger charge is 2.08. The van der Waals surface area contributed by atoms with Crippen LogP contribution in [0.25, 0.3) is 0 Å². The van der Waals surface area contributed by atoms with E-state index in [1.54, 1.807) is 12.1 Å². The maximum atomic E-state index is 11.5. The Bertz CT molecular complexity index is 668. The van der Waals surface area contributed by atoms with Gasteiger partial charge in [0.1, 0.15) is 0 Å². The smallest absolute Gasteiger partial charge is 0.191 e. The van der Waals surface area contributed by atoms with Gasteiger partial charge in [-0.2, -0.15) is 0 Å². The molecule has 0 radical (unpaired) electrons. The first-order chi connectivity index (χ1) is 12.8. The Kier molecular flexibility index (Phi) is 10.4. The van der Waals surface area contributed by atoms with Crippen molar-refractivity contribution in [3.63, 3.8) is 0 Å². The van der Waals surface area contributed by atoms with Crippen molar-refractivity contribution < 1.29 is 8.42 Å². The van der Waals surface area contributed by atoms with E-state index < -0.39 is 9.84 Å². The standard InChI is InChI=1S/C20H36N4O2S/c1-6-21-20(23-17(4)10-9-15-24(7-2)8-3)22-16-18-11-13-19(14-12-18)27(5,25)26/h11-14,17H,6-10,15-16H2,1-5H3,(H2,21,22,23). The molecule has 0 aliphatic carbocycles. The molecule has 0 saturated heterocycles. The summed E-state index contributed by atoms with van der Waals surface area (Å²) in [5.74, 6) is 0.792. The second-order valence-electron chi connectivity index (χ2n) is 6.83. The topological polar surface area (TPSA) is 73.8 Å². The molecule has 1 rings (SSSR count). The van der Waals surface area contributed by atoms with Crippen molar-refractivity contribution in [3.05, 3.63) is 29.8 Å². The second-order valence-corrected chi connectivity index (χ2v) is 8.84. The van der Waals surface area contributed by atoms with Crippen LogP contribution in [0.1, 0.15) is 46.1 Å². The number of guanidine groups is 1. The molecule has 6 nitrogen and oxygen atoms in total. The van der Waals surface area contributed by atoms with E-state index in [0.29, 0.717) is 17.5 Å². The fourth-order valence-corrected chi connectivity index (χ4v) is 3.43. The van der Waals surface area contributed by atoms with E-state index in [1.807, 2.05) is 19.1 Å². The average molecular weight is 397 g/mol. The van der Waals surface area contributed by atoms with Gasteiger partial charge in [-0.05, 0) is 64.0 Å². The van der Waals surface area contributed by atoms with Crippen LogP contribution in [0.2, 0.25) is 0 Å². The lowest BCUT2D eigenvalue weighted by Crippen LogP contribution is -2.42. The first-order valence-electron chi connectivity index (χ1n) is 9.86. The molecule has 0 bridgehead atoms. The number of sulfone groups is 1. The molecule has 0 heterocycles. The maximum absolute atomic E-state index is 11.5. The van der Waals surface area contributed by atoms with E-state index in [2.05, 4.69) is 41.3 Å². The van der Waals surface area contributed by atoms with Crippen molar-refractivity contribution in [3.8, 4) is 0 Å². The van der Waals surface area contributed by atoms with Crippen molar-refractivity contribution in [2.75, 3.05) is 32.4 Å². The first kappa shape index (κ1) is 23.4. The number of nitrogens with zero attached hydrogens (tertiary/aromatic N) is 2. The van der Waals surface area contributed by atoms with Crippen LogP contribution in [-0.2, 0) is 16.4 Å². The molecule has 1 unspecified atom stereocenters. The quantitative estimate of drug-likeness (QED) is 0.444. The fourth-order valence-electron chi connectivity index (χ4n) is 2.80. The Balaban J connectivity index is 2.58. The van der Waals surface area contributed by atoms with Crippen LogP contribution in [0.3, 0.4) is 0 Å². The van der Waals surface area contributed by atoms with Gasteiger partial charge < -0.3 is 15.5 Å². The zero-order valence-electron chi connectivity index (χ0n) is 17.5. The summed E-state index contributed by atoms with van der Waals surface area (Å²) in [5.41, 5.74) is 0.980. The van der Waals surface area contributed by atoms with Gasteiger partial charge in [0, 0.05) is 18.8 Å². The van der Waals surface area contributed by atoms with Gasteiger partial charge in [-0.1, -0.05) is 26.0 Å². The lowest BCUT2D eigenvalue weighted by Gasteiger charge is -2.21. The molecule has 0 aliphatic rings. The fraction of sp³-hybridized carbons (Fsp3) is 0.650. The molecule has 1 atom stereocenters. The number of rotatable bonds is 11. The Labute approximate surface area is 165 Å². The van der Waals surface area contributed by atoms with Gasteiger partial charge in [-0.25, -0.2) is 13.4 Å². The van der Waals surface area contributed by atoms with Crippen molar-refractivity contribution >= 4 is 15.8 Å². The highest BCUT2D eigenvalue weighted by Crippen LogP contribution is 2.11. The highest BCUT2D eigenvalue weighted by molar-refractivity contribution is 7.90. The van der Waals surface area contributed by atoms with Crippen molar-refractivity contribution in [1.82, 2.24) is 15.5 Å². The van der Waals surface area contributed by atoms with E-state index in [4.69, 9.17) is 0 Å². The Morgan fingerprint density at radius 2 is 1.78 bits per heavy atom. The summed E-state index contributed by atoms with van der Waals surface area (Å²) in [7, 11) is -3.16. The Morgan fingerprint density at radius 3 is 2.30 bits per heavy atom. The molecule has 1 aromatic carbocycles. The molecule has 2 N–H and O–H groups in total. The summed E-state index contributed by atoms with van der Waals surface area (Å²) in [6, 6.07) is 7.24. The van der Waals surface area contributed by atoms with Gasteiger partial charge in [0.15, 0.2) is 15.8 Å². The second kappa shape index (κ2) is 12.0.